The quantitative estimate of drug-likeness (QED) is 0.789. The summed E-state index contributed by atoms with van der Waals surface area (Å²) in [6, 6.07) is 11.8. The monoisotopic (exact) mass is 292 g/mol. The number of nitrogens with zero attached hydrogens (tertiary/aromatic N) is 3. The minimum absolute atomic E-state index is 0.0558. The highest BCUT2D eigenvalue weighted by Crippen LogP contribution is 2.26. The second-order valence-corrected chi connectivity index (χ2v) is 5.67. The highest BCUT2D eigenvalue weighted by molar-refractivity contribution is 5.97. The molecule has 5 heteroatoms. The third-order valence-corrected chi connectivity index (χ3v) is 4.27. The molecule has 22 heavy (non-hydrogen) atoms. The van der Waals surface area contributed by atoms with Crippen LogP contribution in [0.1, 0.15) is 28.4 Å². The molecule has 2 aromatic heterocycles. The number of aromatic amines is 1. The number of carbonyl (C=O) groups excluding carboxylic acids is 1. The van der Waals surface area contributed by atoms with Gasteiger partial charge in [-0.2, -0.15) is 5.10 Å². The molecule has 1 amide bonds. The first-order chi connectivity index (χ1) is 10.8. The van der Waals surface area contributed by atoms with Gasteiger partial charge in [0.1, 0.15) is 0 Å². The van der Waals surface area contributed by atoms with E-state index in [9.17, 15) is 4.79 Å². The third-order valence-electron chi connectivity index (χ3n) is 4.27. The van der Waals surface area contributed by atoms with E-state index in [1.165, 1.54) is 0 Å². The van der Waals surface area contributed by atoms with Crippen LogP contribution in [0.15, 0.2) is 48.8 Å². The Hall–Kier alpha value is -2.69. The molecule has 0 bridgehead atoms. The van der Waals surface area contributed by atoms with Crippen LogP contribution < -0.4 is 0 Å². The van der Waals surface area contributed by atoms with E-state index in [2.05, 4.69) is 15.2 Å². The zero-order chi connectivity index (χ0) is 14.9. The molecule has 0 aliphatic carbocycles. The van der Waals surface area contributed by atoms with Crippen molar-refractivity contribution >= 4 is 16.8 Å². The van der Waals surface area contributed by atoms with Crippen molar-refractivity contribution in [3.05, 3.63) is 60.0 Å². The molecule has 1 atom stereocenters. The lowest BCUT2D eigenvalue weighted by atomic mass is 10.1. The van der Waals surface area contributed by atoms with E-state index in [-0.39, 0.29) is 5.91 Å². The molecule has 110 valence electrons. The number of hydrogen-bond donors (Lipinski definition) is 1. The van der Waals surface area contributed by atoms with Crippen LogP contribution in [0.5, 0.6) is 0 Å². The van der Waals surface area contributed by atoms with Gasteiger partial charge < -0.3 is 4.90 Å². The number of likely N-dealkylation sites (tertiary alicyclic amines) is 1. The lowest BCUT2D eigenvalue weighted by Crippen LogP contribution is -2.28. The van der Waals surface area contributed by atoms with Crippen molar-refractivity contribution in [3.8, 4) is 0 Å². The van der Waals surface area contributed by atoms with Crippen LogP contribution in [0, 0.1) is 0 Å². The van der Waals surface area contributed by atoms with Gasteiger partial charge in [0.05, 0.1) is 11.1 Å². The number of nitrogens with one attached hydrogen (secondary N) is 1. The maximum atomic E-state index is 12.7. The van der Waals surface area contributed by atoms with Crippen molar-refractivity contribution in [3.63, 3.8) is 0 Å². The van der Waals surface area contributed by atoms with Crippen LogP contribution in [0.2, 0.25) is 0 Å². The Labute approximate surface area is 128 Å². The van der Waals surface area contributed by atoms with Gasteiger partial charge in [0.15, 0.2) is 0 Å². The lowest BCUT2D eigenvalue weighted by molar-refractivity contribution is 0.0790. The van der Waals surface area contributed by atoms with Crippen LogP contribution in [-0.4, -0.2) is 39.1 Å². The van der Waals surface area contributed by atoms with Gasteiger partial charge in [0, 0.05) is 42.5 Å². The van der Waals surface area contributed by atoms with E-state index >= 15 is 0 Å². The summed E-state index contributed by atoms with van der Waals surface area (Å²) >= 11 is 0. The van der Waals surface area contributed by atoms with Gasteiger partial charge in [-0.15, -0.1) is 0 Å². The molecule has 1 fully saturated rings. The lowest BCUT2D eigenvalue weighted by Gasteiger charge is -2.16. The number of fused-ring (bicyclic) bond motifs is 1. The smallest absolute Gasteiger partial charge is 0.255 e. The Morgan fingerprint density at radius 2 is 2.18 bits per heavy atom. The second kappa shape index (κ2) is 5.26. The van der Waals surface area contributed by atoms with E-state index < -0.39 is 0 Å². The van der Waals surface area contributed by atoms with Crippen LogP contribution in [0.4, 0.5) is 0 Å². The van der Waals surface area contributed by atoms with Gasteiger partial charge in [-0.05, 0) is 24.6 Å². The molecule has 1 aliphatic rings. The SMILES string of the molecule is O=C(c1cnc2ccccc2c1)N1CC[C@@H](c2ccn[nH]2)C1. The molecule has 3 aromatic rings. The van der Waals surface area contributed by atoms with Crippen LogP contribution >= 0.6 is 0 Å². The summed E-state index contributed by atoms with van der Waals surface area (Å²) in [6.07, 6.45) is 4.40. The van der Waals surface area contributed by atoms with Gasteiger partial charge in [-0.3, -0.25) is 14.9 Å². The third kappa shape index (κ3) is 2.24. The minimum Gasteiger partial charge on any atom is -0.338 e. The normalized spacial score (nSPS) is 18.0. The first-order valence-corrected chi connectivity index (χ1v) is 7.44. The molecule has 5 nitrogen and oxygen atoms in total. The van der Waals surface area contributed by atoms with Gasteiger partial charge >= 0.3 is 0 Å². The summed E-state index contributed by atoms with van der Waals surface area (Å²) in [5, 5.41) is 7.99. The number of pyridine rings is 1. The Kier molecular flexibility index (Phi) is 3.11. The summed E-state index contributed by atoms with van der Waals surface area (Å²) in [7, 11) is 0. The molecule has 1 saturated heterocycles. The van der Waals surface area contributed by atoms with Gasteiger partial charge in [0.2, 0.25) is 0 Å². The highest BCUT2D eigenvalue weighted by Gasteiger charge is 2.28. The molecule has 1 aliphatic heterocycles. The second-order valence-electron chi connectivity index (χ2n) is 5.67. The van der Waals surface area contributed by atoms with E-state index in [1.807, 2.05) is 41.3 Å². The Morgan fingerprint density at radius 1 is 1.27 bits per heavy atom. The summed E-state index contributed by atoms with van der Waals surface area (Å²) in [5.74, 6) is 0.403. The number of para-hydroxylation sites is 1. The number of aromatic nitrogens is 3. The van der Waals surface area contributed by atoms with Gasteiger partial charge in [0.25, 0.3) is 5.91 Å². The summed E-state index contributed by atoms with van der Waals surface area (Å²) in [4.78, 5) is 18.9. The molecule has 0 saturated carbocycles. The van der Waals surface area contributed by atoms with Crippen LogP contribution in [0.25, 0.3) is 10.9 Å². The number of carbonyl (C=O) groups is 1. The van der Waals surface area contributed by atoms with Crippen molar-refractivity contribution in [2.45, 2.75) is 12.3 Å². The maximum Gasteiger partial charge on any atom is 0.255 e. The number of hydrogen-bond acceptors (Lipinski definition) is 3. The largest absolute Gasteiger partial charge is 0.338 e. The highest BCUT2D eigenvalue weighted by atomic mass is 16.2. The standard InChI is InChI=1S/C17H16N4O/c22-17(14-9-12-3-1-2-4-15(12)18-10-14)21-8-6-13(11-21)16-5-7-19-20-16/h1-5,7,9-10,13H,6,8,11H2,(H,19,20)/t13-/m1/s1. The Morgan fingerprint density at radius 3 is 3.05 bits per heavy atom. The zero-order valence-corrected chi connectivity index (χ0v) is 12.1. The van der Waals surface area contributed by atoms with Crippen LogP contribution in [-0.2, 0) is 0 Å². The minimum atomic E-state index is 0.0558. The van der Waals surface area contributed by atoms with Crippen molar-refractivity contribution in [2.75, 3.05) is 13.1 Å². The average Bonchev–Trinajstić information content (AvgIpc) is 3.24. The van der Waals surface area contributed by atoms with E-state index in [1.54, 1.807) is 12.4 Å². The Balaban J connectivity index is 1.56. The van der Waals surface area contributed by atoms with Crippen molar-refractivity contribution in [1.82, 2.24) is 20.1 Å². The fraction of sp³-hybridized carbons (Fsp3) is 0.235. The average molecular weight is 292 g/mol. The molecule has 0 unspecified atom stereocenters. The maximum absolute atomic E-state index is 12.7. The molecule has 0 radical (unpaired) electrons. The number of amides is 1. The topological polar surface area (TPSA) is 61.9 Å². The Bertz CT molecular complexity index is 812. The molecular weight excluding hydrogens is 276 g/mol. The van der Waals surface area contributed by atoms with E-state index in [0.717, 1.165) is 36.1 Å². The van der Waals surface area contributed by atoms with E-state index in [0.29, 0.717) is 11.5 Å². The molecular formula is C17H16N4O. The van der Waals surface area contributed by atoms with Gasteiger partial charge in [-0.1, -0.05) is 18.2 Å². The summed E-state index contributed by atoms with van der Waals surface area (Å²) in [6.45, 7) is 1.50. The zero-order valence-electron chi connectivity index (χ0n) is 12.1. The van der Waals surface area contributed by atoms with Crippen molar-refractivity contribution < 1.29 is 4.79 Å². The molecule has 1 N–H and O–H groups in total. The summed E-state index contributed by atoms with van der Waals surface area (Å²) < 4.78 is 0. The fourth-order valence-corrected chi connectivity index (χ4v) is 3.06. The fourth-order valence-electron chi connectivity index (χ4n) is 3.06. The predicted molar refractivity (Wildman–Crippen MR) is 83.6 cm³/mol. The van der Waals surface area contributed by atoms with Gasteiger partial charge in [-0.25, -0.2) is 0 Å². The molecule has 4 rings (SSSR count). The van der Waals surface area contributed by atoms with Crippen molar-refractivity contribution in [1.29, 1.82) is 0 Å². The van der Waals surface area contributed by atoms with Crippen molar-refractivity contribution in [2.24, 2.45) is 0 Å². The number of benzene rings is 1. The first-order valence-electron chi connectivity index (χ1n) is 7.44. The molecule has 3 heterocycles. The molecule has 0 spiro atoms. The number of rotatable bonds is 2. The molecule has 1 aromatic carbocycles. The number of H-pyrrole nitrogens is 1. The van der Waals surface area contributed by atoms with E-state index in [4.69, 9.17) is 0 Å². The summed E-state index contributed by atoms with van der Waals surface area (Å²) in [5.41, 5.74) is 2.67. The first kappa shape index (κ1) is 13.0. The van der Waals surface area contributed by atoms with Crippen LogP contribution in [0.3, 0.4) is 0 Å². The predicted octanol–water partition coefficient (Wildman–Crippen LogP) is 2.59.